The van der Waals surface area contributed by atoms with Crippen LogP contribution in [-0.2, 0) is 9.53 Å². The van der Waals surface area contributed by atoms with Crippen LogP contribution in [0.1, 0.15) is 23.7 Å². The summed E-state index contributed by atoms with van der Waals surface area (Å²) in [5, 5.41) is 4.85. The molecular formula is C14H18F2N2O3. The fraction of sp³-hybridized carbons (Fsp3) is 0.429. The average Bonchev–Trinajstić information content (AvgIpc) is 2.44. The van der Waals surface area contributed by atoms with Gasteiger partial charge in [0.15, 0.2) is 0 Å². The highest BCUT2D eigenvalue weighted by Crippen LogP contribution is 2.08. The van der Waals surface area contributed by atoms with Crippen molar-refractivity contribution in [2.75, 3.05) is 26.3 Å². The van der Waals surface area contributed by atoms with Gasteiger partial charge < -0.3 is 15.4 Å². The zero-order valence-electron chi connectivity index (χ0n) is 11.7. The third kappa shape index (κ3) is 6.31. The van der Waals surface area contributed by atoms with Crippen LogP contribution in [0.3, 0.4) is 0 Å². The van der Waals surface area contributed by atoms with Crippen molar-refractivity contribution in [3.63, 3.8) is 0 Å². The normalized spacial score (nSPS) is 10.2. The molecule has 2 amide bonds. The first-order valence-electron chi connectivity index (χ1n) is 6.62. The van der Waals surface area contributed by atoms with Crippen LogP contribution in [0, 0.1) is 11.6 Å². The monoisotopic (exact) mass is 300 g/mol. The second-order valence-electron chi connectivity index (χ2n) is 4.21. The lowest BCUT2D eigenvalue weighted by Gasteiger charge is -2.07. The molecule has 0 aliphatic carbocycles. The fourth-order valence-electron chi connectivity index (χ4n) is 1.54. The Kier molecular flexibility index (Phi) is 7.31. The number of benzene rings is 1. The molecule has 0 aliphatic heterocycles. The molecule has 0 bridgehead atoms. The van der Waals surface area contributed by atoms with Crippen LogP contribution in [0.5, 0.6) is 0 Å². The van der Waals surface area contributed by atoms with Crippen molar-refractivity contribution >= 4 is 11.8 Å². The lowest BCUT2D eigenvalue weighted by molar-refractivity contribution is -0.120. The van der Waals surface area contributed by atoms with E-state index < -0.39 is 17.5 Å². The average molecular weight is 300 g/mol. The summed E-state index contributed by atoms with van der Waals surface area (Å²) < 4.78 is 31.1. The highest BCUT2D eigenvalue weighted by atomic mass is 19.1. The predicted molar refractivity (Wildman–Crippen MR) is 72.8 cm³/mol. The SMILES string of the molecule is CCOCCCNC(=O)CNC(=O)c1ccc(F)cc1F. The lowest BCUT2D eigenvalue weighted by Crippen LogP contribution is -2.37. The molecule has 0 unspecified atom stereocenters. The molecule has 1 aromatic carbocycles. The number of hydrogen-bond acceptors (Lipinski definition) is 3. The first-order chi connectivity index (χ1) is 10.0. The minimum atomic E-state index is -0.968. The summed E-state index contributed by atoms with van der Waals surface area (Å²) in [5.41, 5.74) is -0.305. The number of ether oxygens (including phenoxy) is 1. The molecule has 7 heteroatoms. The minimum absolute atomic E-state index is 0.274. The van der Waals surface area contributed by atoms with E-state index in [0.717, 1.165) is 12.1 Å². The van der Waals surface area contributed by atoms with Gasteiger partial charge >= 0.3 is 0 Å². The van der Waals surface area contributed by atoms with Crippen LogP contribution in [0.2, 0.25) is 0 Å². The third-order valence-corrected chi connectivity index (χ3v) is 2.58. The number of hydrogen-bond donors (Lipinski definition) is 2. The summed E-state index contributed by atoms with van der Waals surface area (Å²) in [4.78, 5) is 23.1. The molecule has 0 radical (unpaired) electrons. The lowest BCUT2D eigenvalue weighted by atomic mass is 10.2. The van der Waals surface area contributed by atoms with Gasteiger partial charge in [-0.2, -0.15) is 0 Å². The standard InChI is InChI=1S/C14H18F2N2O3/c1-2-21-7-3-6-17-13(19)9-18-14(20)11-5-4-10(15)8-12(11)16/h4-5,8H,2-3,6-7,9H2,1H3,(H,17,19)(H,18,20). The van der Waals surface area contributed by atoms with Crippen LogP contribution in [0.15, 0.2) is 18.2 Å². The van der Waals surface area contributed by atoms with Crippen molar-refractivity contribution in [1.82, 2.24) is 10.6 Å². The Morgan fingerprint density at radius 3 is 2.67 bits per heavy atom. The number of nitrogens with one attached hydrogen (secondary N) is 2. The molecule has 0 saturated carbocycles. The van der Waals surface area contributed by atoms with Crippen molar-refractivity contribution in [1.29, 1.82) is 0 Å². The van der Waals surface area contributed by atoms with Crippen molar-refractivity contribution in [2.24, 2.45) is 0 Å². The van der Waals surface area contributed by atoms with E-state index in [1.165, 1.54) is 0 Å². The number of rotatable bonds is 8. The molecule has 5 nitrogen and oxygen atoms in total. The minimum Gasteiger partial charge on any atom is -0.382 e. The van der Waals surface area contributed by atoms with Gasteiger partial charge in [-0.15, -0.1) is 0 Å². The van der Waals surface area contributed by atoms with Gasteiger partial charge in [-0.1, -0.05) is 0 Å². The van der Waals surface area contributed by atoms with Crippen LogP contribution >= 0.6 is 0 Å². The Labute approximate surface area is 121 Å². The molecule has 0 fully saturated rings. The highest BCUT2D eigenvalue weighted by molar-refractivity contribution is 5.96. The van der Waals surface area contributed by atoms with E-state index >= 15 is 0 Å². The second-order valence-corrected chi connectivity index (χ2v) is 4.21. The zero-order valence-corrected chi connectivity index (χ0v) is 11.7. The molecular weight excluding hydrogens is 282 g/mol. The van der Waals surface area contributed by atoms with Crippen molar-refractivity contribution in [3.8, 4) is 0 Å². The molecule has 0 heterocycles. The summed E-state index contributed by atoms with van der Waals surface area (Å²) >= 11 is 0. The maximum Gasteiger partial charge on any atom is 0.254 e. The van der Waals surface area contributed by atoms with E-state index in [9.17, 15) is 18.4 Å². The first kappa shape index (κ1) is 17.0. The Hall–Kier alpha value is -2.02. The van der Waals surface area contributed by atoms with Crippen molar-refractivity contribution in [3.05, 3.63) is 35.4 Å². The maximum atomic E-state index is 13.3. The molecule has 0 aromatic heterocycles. The fourth-order valence-corrected chi connectivity index (χ4v) is 1.54. The summed E-state index contributed by atoms with van der Waals surface area (Å²) in [7, 11) is 0. The Morgan fingerprint density at radius 1 is 1.24 bits per heavy atom. The summed E-state index contributed by atoms with van der Waals surface area (Å²) in [6, 6.07) is 2.62. The highest BCUT2D eigenvalue weighted by Gasteiger charge is 2.13. The van der Waals surface area contributed by atoms with Crippen molar-refractivity contribution < 1.29 is 23.1 Å². The first-order valence-corrected chi connectivity index (χ1v) is 6.62. The molecule has 0 atom stereocenters. The van der Waals surface area contributed by atoms with Gasteiger partial charge in [0.1, 0.15) is 11.6 Å². The third-order valence-electron chi connectivity index (χ3n) is 2.58. The molecule has 0 spiro atoms. The molecule has 21 heavy (non-hydrogen) atoms. The largest absolute Gasteiger partial charge is 0.382 e. The van der Waals surface area contributed by atoms with Crippen LogP contribution < -0.4 is 10.6 Å². The number of carbonyl (C=O) groups is 2. The van der Waals surface area contributed by atoms with Crippen molar-refractivity contribution in [2.45, 2.75) is 13.3 Å². The molecule has 0 saturated heterocycles. The Bertz CT molecular complexity index is 495. The van der Waals surface area contributed by atoms with Gasteiger partial charge in [0.2, 0.25) is 5.91 Å². The van der Waals surface area contributed by atoms with Gasteiger partial charge in [0.25, 0.3) is 5.91 Å². The molecule has 2 N–H and O–H groups in total. The van der Waals surface area contributed by atoms with E-state index in [0.29, 0.717) is 32.2 Å². The number of amides is 2. The smallest absolute Gasteiger partial charge is 0.254 e. The van der Waals surface area contributed by atoms with Gasteiger partial charge in [-0.05, 0) is 25.5 Å². The quantitative estimate of drug-likeness (QED) is 0.710. The number of carbonyl (C=O) groups excluding carboxylic acids is 2. The summed E-state index contributed by atoms with van der Waals surface area (Å²) in [5.74, 6) is -2.89. The number of halogens is 2. The molecule has 0 aliphatic rings. The molecule has 1 rings (SSSR count). The van der Waals surface area contributed by atoms with E-state index in [1.807, 2.05) is 6.92 Å². The zero-order chi connectivity index (χ0) is 15.7. The van der Waals surface area contributed by atoms with Gasteiger partial charge in [0.05, 0.1) is 12.1 Å². The molecule has 116 valence electrons. The Balaban J connectivity index is 2.30. The van der Waals surface area contributed by atoms with Gasteiger partial charge in [-0.3, -0.25) is 9.59 Å². The predicted octanol–water partition coefficient (Wildman–Crippen LogP) is 1.24. The van der Waals surface area contributed by atoms with E-state index in [-0.39, 0.29) is 18.0 Å². The Morgan fingerprint density at radius 2 is 2.00 bits per heavy atom. The van der Waals surface area contributed by atoms with Gasteiger partial charge in [0, 0.05) is 25.8 Å². The second kappa shape index (κ2) is 9.02. The van der Waals surface area contributed by atoms with Crippen LogP contribution in [0.25, 0.3) is 0 Å². The van der Waals surface area contributed by atoms with Crippen LogP contribution in [0.4, 0.5) is 8.78 Å². The molecule has 1 aromatic rings. The van der Waals surface area contributed by atoms with E-state index in [1.54, 1.807) is 0 Å². The summed E-state index contributed by atoms with van der Waals surface area (Å²) in [6.45, 7) is 3.20. The van der Waals surface area contributed by atoms with E-state index in [2.05, 4.69) is 10.6 Å². The van der Waals surface area contributed by atoms with Gasteiger partial charge in [-0.25, -0.2) is 8.78 Å². The van der Waals surface area contributed by atoms with Crippen LogP contribution in [-0.4, -0.2) is 38.1 Å². The maximum absolute atomic E-state index is 13.3. The summed E-state index contributed by atoms with van der Waals surface area (Å²) in [6.07, 6.45) is 0.667. The van der Waals surface area contributed by atoms with E-state index in [4.69, 9.17) is 4.74 Å². The topological polar surface area (TPSA) is 67.4 Å².